The van der Waals surface area contributed by atoms with Gasteiger partial charge in [-0.15, -0.1) is 0 Å². The summed E-state index contributed by atoms with van der Waals surface area (Å²) in [5.41, 5.74) is 0.964. The average molecular weight is 263 g/mol. The van der Waals surface area contributed by atoms with Gasteiger partial charge >= 0.3 is 0 Å². The van der Waals surface area contributed by atoms with Crippen molar-refractivity contribution in [3.05, 3.63) is 11.9 Å². The zero-order chi connectivity index (χ0) is 13.8. The Labute approximate surface area is 113 Å². The smallest absolute Gasteiger partial charge is 0.239 e. The number of hydrogen-bond donors (Lipinski definition) is 2. The van der Waals surface area contributed by atoms with Gasteiger partial charge in [0.2, 0.25) is 5.91 Å². The van der Waals surface area contributed by atoms with Gasteiger partial charge in [0, 0.05) is 25.2 Å². The first kappa shape index (κ1) is 13.6. The van der Waals surface area contributed by atoms with Crippen LogP contribution in [0.3, 0.4) is 0 Å². The van der Waals surface area contributed by atoms with Crippen molar-refractivity contribution in [1.82, 2.24) is 15.3 Å². The van der Waals surface area contributed by atoms with Crippen LogP contribution >= 0.6 is 0 Å². The number of nitrogens with one attached hydrogen (secondary N) is 2. The van der Waals surface area contributed by atoms with Crippen molar-refractivity contribution >= 4 is 17.5 Å². The van der Waals surface area contributed by atoms with E-state index in [-0.39, 0.29) is 5.91 Å². The Morgan fingerprint density at radius 2 is 2.21 bits per heavy atom. The number of carbonyl (C=O) groups is 1. The summed E-state index contributed by atoms with van der Waals surface area (Å²) in [5.74, 6) is 1.66. The number of amides is 1. The summed E-state index contributed by atoms with van der Waals surface area (Å²) in [6.07, 6.45) is 3.73. The number of anilines is 2. The standard InChI is InChI=1S/C13H21N5O/c1-4-14-12-9(2)13(16-8-15-12)18(3)7-11(19)17-10-5-6-10/h8,10H,4-7H2,1-3H3,(H,17,19)(H,14,15,16). The van der Waals surface area contributed by atoms with E-state index in [2.05, 4.69) is 20.6 Å². The number of hydrogen-bond acceptors (Lipinski definition) is 5. The molecule has 1 aromatic heterocycles. The molecule has 0 atom stereocenters. The van der Waals surface area contributed by atoms with Gasteiger partial charge in [-0.3, -0.25) is 4.79 Å². The molecule has 0 aliphatic heterocycles. The maximum Gasteiger partial charge on any atom is 0.239 e. The van der Waals surface area contributed by atoms with E-state index < -0.39 is 0 Å². The van der Waals surface area contributed by atoms with Crippen molar-refractivity contribution in [1.29, 1.82) is 0 Å². The molecule has 6 nitrogen and oxygen atoms in total. The predicted molar refractivity (Wildman–Crippen MR) is 75.4 cm³/mol. The van der Waals surface area contributed by atoms with Crippen molar-refractivity contribution in [2.24, 2.45) is 0 Å². The largest absolute Gasteiger partial charge is 0.370 e. The lowest BCUT2D eigenvalue weighted by Gasteiger charge is -2.20. The van der Waals surface area contributed by atoms with E-state index in [0.717, 1.165) is 36.6 Å². The van der Waals surface area contributed by atoms with E-state index in [9.17, 15) is 4.79 Å². The van der Waals surface area contributed by atoms with Crippen LogP contribution in [0.15, 0.2) is 6.33 Å². The Balaban J connectivity index is 2.02. The highest BCUT2D eigenvalue weighted by molar-refractivity contribution is 5.81. The first-order valence-electron chi connectivity index (χ1n) is 6.67. The molecule has 0 saturated heterocycles. The SMILES string of the molecule is CCNc1ncnc(N(C)CC(=O)NC2CC2)c1C. The van der Waals surface area contributed by atoms with Crippen LogP contribution in [0.5, 0.6) is 0 Å². The van der Waals surface area contributed by atoms with Crippen molar-refractivity contribution in [2.75, 3.05) is 30.4 Å². The molecule has 19 heavy (non-hydrogen) atoms. The van der Waals surface area contributed by atoms with Crippen molar-refractivity contribution < 1.29 is 4.79 Å². The molecule has 2 N–H and O–H groups in total. The highest BCUT2D eigenvalue weighted by Gasteiger charge is 2.24. The van der Waals surface area contributed by atoms with Gasteiger partial charge in [-0.25, -0.2) is 9.97 Å². The van der Waals surface area contributed by atoms with E-state index in [1.165, 1.54) is 6.33 Å². The van der Waals surface area contributed by atoms with Crippen molar-refractivity contribution in [3.8, 4) is 0 Å². The van der Waals surface area contributed by atoms with Crippen LogP contribution in [0.4, 0.5) is 11.6 Å². The van der Waals surface area contributed by atoms with Gasteiger partial charge in [0.15, 0.2) is 0 Å². The third kappa shape index (κ3) is 3.56. The first-order chi connectivity index (χ1) is 9.11. The van der Waals surface area contributed by atoms with Crippen LogP contribution in [0.1, 0.15) is 25.3 Å². The molecule has 1 heterocycles. The maximum atomic E-state index is 11.8. The summed E-state index contributed by atoms with van der Waals surface area (Å²) < 4.78 is 0. The molecular formula is C13H21N5O. The molecule has 1 aromatic rings. The fourth-order valence-electron chi connectivity index (χ4n) is 1.96. The molecular weight excluding hydrogens is 242 g/mol. The van der Waals surface area contributed by atoms with Crippen LogP contribution in [-0.2, 0) is 4.79 Å². The molecule has 0 bridgehead atoms. The maximum absolute atomic E-state index is 11.8. The molecule has 2 rings (SSSR count). The molecule has 1 aliphatic carbocycles. The zero-order valence-corrected chi connectivity index (χ0v) is 11.7. The number of rotatable bonds is 6. The van der Waals surface area contributed by atoms with E-state index in [1.807, 2.05) is 25.8 Å². The zero-order valence-electron chi connectivity index (χ0n) is 11.7. The molecule has 104 valence electrons. The Kier molecular flexibility index (Phi) is 4.19. The lowest BCUT2D eigenvalue weighted by molar-refractivity contribution is -0.119. The molecule has 1 fully saturated rings. The van der Waals surface area contributed by atoms with Gasteiger partial charge < -0.3 is 15.5 Å². The van der Waals surface area contributed by atoms with Gasteiger partial charge in [0.25, 0.3) is 0 Å². The van der Waals surface area contributed by atoms with E-state index in [0.29, 0.717) is 12.6 Å². The van der Waals surface area contributed by atoms with Gasteiger partial charge in [0.1, 0.15) is 18.0 Å². The van der Waals surface area contributed by atoms with E-state index in [4.69, 9.17) is 0 Å². The predicted octanol–water partition coefficient (Wildman–Crippen LogP) is 0.932. The van der Waals surface area contributed by atoms with Gasteiger partial charge in [0.05, 0.1) is 6.54 Å². The van der Waals surface area contributed by atoms with Gasteiger partial charge in [-0.1, -0.05) is 0 Å². The minimum atomic E-state index is 0.0491. The topological polar surface area (TPSA) is 70.2 Å². The molecule has 0 radical (unpaired) electrons. The quantitative estimate of drug-likeness (QED) is 0.799. The second-order valence-electron chi connectivity index (χ2n) is 4.90. The number of likely N-dealkylation sites (N-methyl/N-ethyl adjacent to an activating group) is 1. The molecule has 1 aliphatic rings. The van der Waals surface area contributed by atoms with Crippen LogP contribution < -0.4 is 15.5 Å². The first-order valence-corrected chi connectivity index (χ1v) is 6.67. The third-order valence-corrected chi connectivity index (χ3v) is 3.09. The molecule has 6 heteroatoms. The third-order valence-electron chi connectivity index (χ3n) is 3.09. The highest BCUT2D eigenvalue weighted by atomic mass is 16.2. The molecule has 1 saturated carbocycles. The van der Waals surface area contributed by atoms with Crippen molar-refractivity contribution in [2.45, 2.75) is 32.7 Å². The lowest BCUT2D eigenvalue weighted by Crippen LogP contribution is -2.36. The number of carbonyl (C=O) groups excluding carboxylic acids is 1. The van der Waals surface area contributed by atoms with Crippen LogP contribution in [0.2, 0.25) is 0 Å². The fourth-order valence-corrected chi connectivity index (χ4v) is 1.96. The summed E-state index contributed by atoms with van der Waals surface area (Å²) >= 11 is 0. The fraction of sp³-hybridized carbons (Fsp3) is 0.615. The monoisotopic (exact) mass is 263 g/mol. The normalized spacial score (nSPS) is 14.1. The average Bonchev–Trinajstić information content (AvgIpc) is 3.15. The lowest BCUT2D eigenvalue weighted by atomic mass is 10.3. The Morgan fingerprint density at radius 1 is 1.47 bits per heavy atom. The summed E-state index contributed by atoms with van der Waals surface area (Å²) in [4.78, 5) is 22.1. The van der Waals surface area contributed by atoms with Crippen LogP contribution in [0.25, 0.3) is 0 Å². The Hall–Kier alpha value is -1.85. The summed E-state index contributed by atoms with van der Waals surface area (Å²) in [5, 5.41) is 6.16. The Bertz CT molecular complexity index is 458. The van der Waals surface area contributed by atoms with Crippen LogP contribution in [0, 0.1) is 6.92 Å². The second kappa shape index (κ2) is 5.86. The molecule has 0 aromatic carbocycles. The minimum Gasteiger partial charge on any atom is -0.370 e. The summed E-state index contributed by atoms with van der Waals surface area (Å²) in [6.45, 7) is 5.11. The molecule has 0 unspecified atom stereocenters. The van der Waals surface area contributed by atoms with Crippen molar-refractivity contribution in [3.63, 3.8) is 0 Å². The minimum absolute atomic E-state index is 0.0491. The molecule has 1 amide bonds. The van der Waals surface area contributed by atoms with Crippen LogP contribution in [-0.4, -0.2) is 42.1 Å². The second-order valence-corrected chi connectivity index (χ2v) is 4.90. The molecule has 0 spiro atoms. The van der Waals surface area contributed by atoms with Gasteiger partial charge in [-0.05, 0) is 26.7 Å². The van der Waals surface area contributed by atoms with E-state index >= 15 is 0 Å². The van der Waals surface area contributed by atoms with Gasteiger partial charge in [-0.2, -0.15) is 0 Å². The summed E-state index contributed by atoms with van der Waals surface area (Å²) in [7, 11) is 1.87. The highest BCUT2D eigenvalue weighted by Crippen LogP contribution is 2.21. The van der Waals surface area contributed by atoms with E-state index in [1.54, 1.807) is 0 Å². The Morgan fingerprint density at radius 3 is 2.84 bits per heavy atom. The number of nitrogens with zero attached hydrogens (tertiary/aromatic N) is 3. The summed E-state index contributed by atoms with van der Waals surface area (Å²) in [6, 6.07) is 0.393. The number of aromatic nitrogens is 2.